The summed E-state index contributed by atoms with van der Waals surface area (Å²) in [5.74, 6) is 0.630. The van der Waals surface area contributed by atoms with Gasteiger partial charge in [0.05, 0.1) is 34.0 Å². The van der Waals surface area contributed by atoms with Crippen molar-refractivity contribution in [2.75, 3.05) is 0 Å². The second-order valence-electron chi connectivity index (χ2n) is 12.8. The summed E-state index contributed by atoms with van der Waals surface area (Å²) in [4.78, 5) is 25.3. The minimum Gasteiger partial charge on any atom is -0.256 e. The van der Waals surface area contributed by atoms with Crippen LogP contribution in [0.1, 0.15) is 23.7 Å². The van der Waals surface area contributed by atoms with Crippen LogP contribution in [0.15, 0.2) is 162 Å². The van der Waals surface area contributed by atoms with Gasteiger partial charge in [0, 0.05) is 50.7 Å². The molecule has 0 radical (unpaired) electrons. The number of hydrogen-bond acceptors (Lipinski definition) is 5. The minimum atomic E-state index is -0.0946. The van der Waals surface area contributed by atoms with Crippen molar-refractivity contribution in [1.82, 2.24) is 15.0 Å². The Morgan fingerprint density at radius 2 is 1.16 bits per heavy atom. The molecule has 1 aliphatic heterocycles. The number of pyridine rings is 3. The standard InChI is InChI=1S/C45H29N5/c1-2-10-29(11-3-1)37-23-20-30-17-18-31-21-24-40(49-44(31)43(30)47-37)45-46-26-25-38(50-45)32-12-8-13-33(27-32)42-36-22-19-28-9-4-5-14-34(28)41(36)35-15-6-7-16-39(35)48-42/h1-24,26-27,38H,25H2. The Kier molecular flexibility index (Phi) is 6.56. The Morgan fingerprint density at radius 1 is 0.480 bits per heavy atom. The molecule has 4 heterocycles. The second kappa shape index (κ2) is 11.5. The summed E-state index contributed by atoms with van der Waals surface area (Å²) in [6.07, 6.45) is 2.68. The fourth-order valence-corrected chi connectivity index (χ4v) is 7.31. The highest BCUT2D eigenvalue weighted by Crippen LogP contribution is 2.38. The van der Waals surface area contributed by atoms with E-state index < -0.39 is 0 Å². The van der Waals surface area contributed by atoms with E-state index >= 15 is 0 Å². The van der Waals surface area contributed by atoms with Crippen LogP contribution in [0.5, 0.6) is 0 Å². The molecule has 1 aliphatic rings. The average molecular weight is 640 g/mol. The molecule has 1 unspecified atom stereocenters. The Labute approximate surface area is 288 Å². The highest BCUT2D eigenvalue weighted by molar-refractivity contribution is 6.22. The number of rotatable bonds is 4. The molecule has 0 saturated carbocycles. The summed E-state index contributed by atoms with van der Waals surface area (Å²) in [6, 6.07) is 52.8. The predicted molar refractivity (Wildman–Crippen MR) is 207 cm³/mol. The van der Waals surface area contributed by atoms with E-state index in [1.54, 1.807) is 0 Å². The maximum absolute atomic E-state index is 5.23. The van der Waals surface area contributed by atoms with Crippen molar-refractivity contribution in [3.63, 3.8) is 0 Å². The van der Waals surface area contributed by atoms with Gasteiger partial charge in [-0.15, -0.1) is 0 Å². The molecule has 50 heavy (non-hydrogen) atoms. The maximum Gasteiger partial charge on any atom is 0.173 e. The molecule has 5 nitrogen and oxygen atoms in total. The van der Waals surface area contributed by atoms with Crippen LogP contribution < -0.4 is 0 Å². The maximum atomic E-state index is 5.23. The zero-order chi connectivity index (χ0) is 33.0. The average Bonchev–Trinajstić information content (AvgIpc) is 3.20. The zero-order valence-corrected chi connectivity index (χ0v) is 27.0. The first-order chi connectivity index (χ1) is 24.8. The lowest BCUT2D eigenvalue weighted by Crippen LogP contribution is -2.11. The van der Waals surface area contributed by atoms with E-state index in [4.69, 9.17) is 24.9 Å². The van der Waals surface area contributed by atoms with Crippen LogP contribution in [0.25, 0.3) is 76.8 Å². The van der Waals surface area contributed by atoms with Gasteiger partial charge in [0.2, 0.25) is 0 Å². The van der Waals surface area contributed by atoms with Gasteiger partial charge >= 0.3 is 0 Å². The molecule has 0 saturated heterocycles. The third-order valence-electron chi connectivity index (χ3n) is 9.77. The summed E-state index contributed by atoms with van der Waals surface area (Å²) in [5, 5.41) is 8.09. The third-order valence-corrected chi connectivity index (χ3v) is 9.77. The molecular weight excluding hydrogens is 611 g/mol. The molecule has 0 fully saturated rings. The van der Waals surface area contributed by atoms with E-state index in [1.807, 2.05) is 30.5 Å². The molecule has 0 amide bonds. The van der Waals surface area contributed by atoms with Crippen LogP contribution in [0, 0.1) is 0 Å². The summed E-state index contributed by atoms with van der Waals surface area (Å²) in [7, 11) is 0. The van der Waals surface area contributed by atoms with Crippen molar-refractivity contribution in [3.05, 3.63) is 163 Å². The topological polar surface area (TPSA) is 63.4 Å². The zero-order valence-electron chi connectivity index (χ0n) is 27.0. The number of hydrogen-bond donors (Lipinski definition) is 0. The largest absolute Gasteiger partial charge is 0.256 e. The number of nitrogens with zero attached hydrogens (tertiary/aromatic N) is 5. The summed E-state index contributed by atoms with van der Waals surface area (Å²) in [6.45, 7) is 0. The van der Waals surface area contributed by atoms with E-state index in [-0.39, 0.29) is 6.04 Å². The molecule has 234 valence electrons. The van der Waals surface area contributed by atoms with Gasteiger partial charge in [-0.3, -0.25) is 4.99 Å². The fourth-order valence-electron chi connectivity index (χ4n) is 7.31. The molecule has 1 atom stereocenters. The van der Waals surface area contributed by atoms with Gasteiger partial charge in [0.25, 0.3) is 0 Å². The Hall–Kier alpha value is -6.59. The van der Waals surface area contributed by atoms with Crippen molar-refractivity contribution in [3.8, 4) is 22.5 Å². The highest BCUT2D eigenvalue weighted by atomic mass is 15.0. The minimum absolute atomic E-state index is 0.0946. The smallest absolute Gasteiger partial charge is 0.173 e. The van der Waals surface area contributed by atoms with Crippen LogP contribution >= 0.6 is 0 Å². The lowest BCUT2D eigenvalue weighted by atomic mass is 9.94. The molecule has 5 heteroatoms. The highest BCUT2D eigenvalue weighted by Gasteiger charge is 2.19. The number of aliphatic imine (C=N–C) groups is 2. The molecule has 10 rings (SSSR count). The van der Waals surface area contributed by atoms with E-state index in [9.17, 15) is 0 Å². The first-order valence-electron chi connectivity index (χ1n) is 16.9. The molecule has 9 aromatic rings. The van der Waals surface area contributed by atoms with Crippen LogP contribution in [-0.2, 0) is 0 Å². The Bertz CT molecular complexity index is 2840. The van der Waals surface area contributed by atoms with E-state index in [1.165, 1.54) is 21.5 Å². The lowest BCUT2D eigenvalue weighted by Gasteiger charge is -2.18. The number of fused-ring (bicyclic) bond motifs is 8. The summed E-state index contributed by atoms with van der Waals surface area (Å²) < 4.78 is 0. The van der Waals surface area contributed by atoms with E-state index in [2.05, 4.69) is 127 Å². The molecular formula is C45H29N5. The number of aromatic nitrogens is 3. The van der Waals surface area contributed by atoms with Crippen LogP contribution in [0.3, 0.4) is 0 Å². The van der Waals surface area contributed by atoms with Crippen molar-refractivity contribution >= 4 is 66.3 Å². The molecule has 0 bridgehead atoms. The Morgan fingerprint density at radius 3 is 2.02 bits per heavy atom. The summed E-state index contributed by atoms with van der Waals surface area (Å²) >= 11 is 0. The van der Waals surface area contributed by atoms with Gasteiger partial charge in [0.1, 0.15) is 5.69 Å². The molecule has 0 aliphatic carbocycles. The van der Waals surface area contributed by atoms with Gasteiger partial charge in [-0.25, -0.2) is 19.9 Å². The Balaban J connectivity index is 1.06. The van der Waals surface area contributed by atoms with Crippen molar-refractivity contribution < 1.29 is 0 Å². The SMILES string of the molecule is C1=NC(c2ccc3ccc4ccc(-c5ccccc5)nc4c3n2)=NC(c2cccc(-c3nc4ccccc4c4c3ccc3ccccc34)c2)C1. The molecule has 3 aromatic heterocycles. The molecule has 0 N–H and O–H groups in total. The van der Waals surface area contributed by atoms with Gasteiger partial charge in [-0.1, -0.05) is 127 Å². The van der Waals surface area contributed by atoms with Gasteiger partial charge < -0.3 is 0 Å². The molecule has 0 spiro atoms. The lowest BCUT2D eigenvalue weighted by molar-refractivity contribution is 0.761. The van der Waals surface area contributed by atoms with Gasteiger partial charge in [-0.05, 0) is 40.6 Å². The number of amidine groups is 1. The van der Waals surface area contributed by atoms with Gasteiger partial charge in [0.15, 0.2) is 5.84 Å². The molecule has 6 aromatic carbocycles. The van der Waals surface area contributed by atoms with Crippen LogP contribution in [0.4, 0.5) is 0 Å². The van der Waals surface area contributed by atoms with Crippen molar-refractivity contribution in [2.24, 2.45) is 9.98 Å². The van der Waals surface area contributed by atoms with E-state index in [0.717, 1.165) is 66.5 Å². The first-order valence-corrected chi connectivity index (χ1v) is 16.9. The monoisotopic (exact) mass is 639 g/mol. The van der Waals surface area contributed by atoms with Crippen molar-refractivity contribution in [1.29, 1.82) is 0 Å². The fraction of sp³-hybridized carbons (Fsp3) is 0.0444. The second-order valence-corrected chi connectivity index (χ2v) is 12.8. The normalized spacial score (nSPS) is 14.6. The third kappa shape index (κ3) is 4.74. The van der Waals surface area contributed by atoms with Gasteiger partial charge in [-0.2, -0.15) is 0 Å². The summed E-state index contributed by atoms with van der Waals surface area (Å²) in [5.41, 5.74) is 8.62. The number of para-hydroxylation sites is 1. The predicted octanol–water partition coefficient (Wildman–Crippen LogP) is 10.9. The van der Waals surface area contributed by atoms with Crippen LogP contribution in [0.2, 0.25) is 0 Å². The quantitative estimate of drug-likeness (QED) is 0.180. The number of benzene rings is 6. The van der Waals surface area contributed by atoms with E-state index in [0.29, 0.717) is 12.3 Å². The van der Waals surface area contributed by atoms with Crippen molar-refractivity contribution in [2.45, 2.75) is 12.5 Å². The van der Waals surface area contributed by atoms with Crippen LogP contribution in [-0.4, -0.2) is 27.0 Å². The first kappa shape index (κ1) is 28.4.